The van der Waals surface area contributed by atoms with E-state index < -0.39 is 5.97 Å². The van der Waals surface area contributed by atoms with E-state index in [0.717, 1.165) is 18.8 Å². The zero-order chi connectivity index (χ0) is 12.3. The number of nitrogens with zero attached hydrogens (tertiary/aromatic N) is 1. The van der Waals surface area contributed by atoms with Gasteiger partial charge in [0.05, 0.1) is 12.5 Å². The van der Waals surface area contributed by atoms with Crippen molar-refractivity contribution in [2.75, 3.05) is 24.5 Å². The molecule has 2 rings (SSSR count). The maximum absolute atomic E-state index is 10.8. The van der Waals surface area contributed by atoms with E-state index in [9.17, 15) is 4.79 Å². The van der Waals surface area contributed by atoms with Gasteiger partial charge in [-0.15, -0.1) is 0 Å². The van der Waals surface area contributed by atoms with Gasteiger partial charge in [0.2, 0.25) is 0 Å². The molecule has 1 aromatic rings. The molecule has 0 radical (unpaired) electrons. The summed E-state index contributed by atoms with van der Waals surface area (Å²) in [5.74, 6) is -0.772. The van der Waals surface area contributed by atoms with E-state index in [0.29, 0.717) is 11.6 Å². The number of piperazine rings is 1. The second-order valence-corrected chi connectivity index (χ2v) is 4.57. The number of carbonyl (C=O) groups is 1. The van der Waals surface area contributed by atoms with Gasteiger partial charge in [-0.1, -0.05) is 17.7 Å². The van der Waals surface area contributed by atoms with Crippen molar-refractivity contribution in [2.24, 2.45) is 0 Å². The monoisotopic (exact) mass is 254 g/mol. The number of nitrogens with one attached hydrogen (secondary N) is 1. The first-order chi connectivity index (χ1) is 8.16. The standard InChI is InChI=1S/C12H15ClN2O2/c13-9-2-1-3-10(6-9)15-5-4-14-8-11(15)7-12(16)17/h1-3,6,11,14H,4-5,7-8H2,(H,16,17). The minimum absolute atomic E-state index is 0.0142. The van der Waals surface area contributed by atoms with Gasteiger partial charge >= 0.3 is 5.97 Å². The first kappa shape index (κ1) is 12.2. The van der Waals surface area contributed by atoms with Crippen LogP contribution in [0.25, 0.3) is 0 Å². The highest BCUT2D eigenvalue weighted by molar-refractivity contribution is 6.30. The van der Waals surface area contributed by atoms with E-state index in [1.165, 1.54) is 0 Å². The highest BCUT2D eigenvalue weighted by atomic mass is 35.5. The van der Waals surface area contributed by atoms with E-state index >= 15 is 0 Å². The fourth-order valence-electron chi connectivity index (χ4n) is 2.14. The van der Waals surface area contributed by atoms with Crippen LogP contribution in [0, 0.1) is 0 Å². The lowest BCUT2D eigenvalue weighted by atomic mass is 10.1. The maximum Gasteiger partial charge on any atom is 0.305 e. The van der Waals surface area contributed by atoms with Gasteiger partial charge in [-0.05, 0) is 18.2 Å². The lowest BCUT2D eigenvalue weighted by Crippen LogP contribution is -2.52. The number of anilines is 1. The van der Waals surface area contributed by atoms with E-state index in [4.69, 9.17) is 16.7 Å². The summed E-state index contributed by atoms with van der Waals surface area (Å²) in [4.78, 5) is 12.9. The molecule has 1 saturated heterocycles. The quantitative estimate of drug-likeness (QED) is 0.860. The average molecular weight is 255 g/mol. The van der Waals surface area contributed by atoms with Crippen molar-refractivity contribution in [3.8, 4) is 0 Å². The summed E-state index contributed by atoms with van der Waals surface area (Å²) in [5.41, 5.74) is 0.991. The van der Waals surface area contributed by atoms with Crippen molar-refractivity contribution in [1.82, 2.24) is 5.32 Å². The van der Waals surface area contributed by atoms with Gasteiger partial charge in [0, 0.05) is 30.3 Å². The van der Waals surface area contributed by atoms with Crippen LogP contribution in [0.2, 0.25) is 5.02 Å². The van der Waals surface area contributed by atoms with Crippen LogP contribution in [0.1, 0.15) is 6.42 Å². The summed E-state index contributed by atoms with van der Waals surface area (Å²) in [7, 11) is 0. The molecule has 0 bridgehead atoms. The summed E-state index contributed by atoms with van der Waals surface area (Å²) in [6.07, 6.45) is 0.138. The van der Waals surface area contributed by atoms with Crippen LogP contribution in [0.3, 0.4) is 0 Å². The van der Waals surface area contributed by atoms with Gasteiger partial charge in [0.15, 0.2) is 0 Å². The van der Waals surface area contributed by atoms with Crippen LogP contribution in [0.5, 0.6) is 0 Å². The summed E-state index contributed by atoms with van der Waals surface area (Å²) in [5, 5.41) is 12.8. The van der Waals surface area contributed by atoms with Gasteiger partial charge in [-0.2, -0.15) is 0 Å². The van der Waals surface area contributed by atoms with Crippen molar-refractivity contribution in [3.05, 3.63) is 29.3 Å². The number of benzene rings is 1. The molecule has 0 spiro atoms. The van der Waals surface area contributed by atoms with Gasteiger partial charge in [-0.3, -0.25) is 4.79 Å². The minimum atomic E-state index is -0.772. The Bertz CT molecular complexity index is 411. The van der Waals surface area contributed by atoms with E-state index in [1.54, 1.807) is 0 Å². The van der Waals surface area contributed by atoms with Crippen molar-refractivity contribution in [3.63, 3.8) is 0 Å². The lowest BCUT2D eigenvalue weighted by Gasteiger charge is -2.37. The molecule has 1 atom stereocenters. The number of hydrogen-bond donors (Lipinski definition) is 2. The van der Waals surface area contributed by atoms with Crippen LogP contribution >= 0.6 is 11.6 Å². The minimum Gasteiger partial charge on any atom is -0.481 e. The van der Waals surface area contributed by atoms with Crippen molar-refractivity contribution >= 4 is 23.3 Å². The molecular formula is C12H15ClN2O2. The Labute approximate surface area is 105 Å². The summed E-state index contributed by atoms with van der Waals surface area (Å²) < 4.78 is 0. The Morgan fingerprint density at radius 3 is 3.12 bits per heavy atom. The molecule has 1 unspecified atom stereocenters. The van der Waals surface area contributed by atoms with Gasteiger partial charge < -0.3 is 15.3 Å². The Balaban J connectivity index is 2.18. The predicted octanol–water partition coefficient (Wildman–Crippen LogP) is 1.59. The highest BCUT2D eigenvalue weighted by Crippen LogP contribution is 2.23. The highest BCUT2D eigenvalue weighted by Gasteiger charge is 2.24. The third-order valence-corrected chi connectivity index (χ3v) is 3.14. The number of aliphatic carboxylic acids is 1. The molecule has 1 fully saturated rings. The van der Waals surface area contributed by atoms with Gasteiger partial charge in [0.25, 0.3) is 0 Å². The molecule has 1 aliphatic rings. The normalized spacial score (nSPS) is 20.3. The molecule has 1 aromatic carbocycles. The molecule has 4 nitrogen and oxygen atoms in total. The van der Waals surface area contributed by atoms with Crippen LogP contribution in [0.15, 0.2) is 24.3 Å². The molecule has 0 aliphatic carbocycles. The van der Waals surface area contributed by atoms with Crippen LogP contribution in [-0.4, -0.2) is 36.8 Å². The lowest BCUT2D eigenvalue weighted by molar-refractivity contribution is -0.137. The van der Waals surface area contributed by atoms with Crippen molar-refractivity contribution in [2.45, 2.75) is 12.5 Å². The van der Waals surface area contributed by atoms with Gasteiger partial charge in [0.1, 0.15) is 0 Å². The first-order valence-corrected chi connectivity index (χ1v) is 5.99. The summed E-state index contributed by atoms with van der Waals surface area (Å²) in [6, 6.07) is 7.53. The van der Waals surface area contributed by atoms with Gasteiger partial charge in [-0.25, -0.2) is 0 Å². The van der Waals surface area contributed by atoms with Crippen molar-refractivity contribution in [1.29, 1.82) is 0 Å². The molecule has 1 aliphatic heterocycles. The Kier molecular flexibility index (Phi) is 3.86. The maximum atomic E-state index is 10.8. The average Bonchev–Trinajstić information content (AvgIpc) is 2.29. The zero-order valence-electron chi connectivity index (χ0n) is 9.40. The van der Waals surface area contributed by atoms with Crippen LogP contribution < -0.4 is 10.2 Å². The van der Waals surface area contributed by atoms with E-state index in [-0.39, 0.29) is 12.5 Å². The third kappa shape index (κ3) is 3.11. The van der Waals surface area contributed by atoms with Crippen molar-refractivity contribution < 1.29 is 9.90 Å². The molecule has 5 heteroatoms. The SMILES string of the molecule is O=C(O)CC1CNCCN1c1cccc(Cl)c1. The first-order valence-electron chi connectivity index (χ1n) is 5.61. The second-order valence-electron chi connectivity index (χ2n) is 4.13. The predicted molar refractivity (Wildman–Crippen MR) is 67.7 cm³/mol. The Morgan fingerprint density at radius 2 is 2.41 bits per heavy atom. The molecular weight excluding hydrogens is 240 g/mol. The number of rotatable bonds is 3. The molecule has 1 heterocycles. The number of carboxylic acids is 1. The summed E-state index contributed by atoms with van der Waals surface area (Å²) >= 11 is 5.96. The van der Waals surface area contributed by atoms with E-state index in [1.807, 2.05) is 24.3 Å². The number of carboxylic acid groups (broad SMARTS) is 1. The topological polar surface area (TPSA) is 52.6 Å². The second kappa shape index (κ2) is 5.38. The largest absolute Gasteiger partial charge is 0.481 e. The van der Waals surface area contributed by atoms with Crippen LogP contribution in [-0.2, 0) is 4.79 Å². The fourth-order valence-corrected chi connectivity index (χ4v) is 2.32. The fraction of sp³-hybridized carbons (Fsp3) is 0.417. The molecule has 0 amide bonds. The zero-order valence-corrected chi connectivity index (χ0v) is 10.2. The number of hydrogen-bond acceptors (Lipinski definition) is 3. The molecule has 92 valence electrons. The third-order valence-electron chi connectivity index (χ3n) is 2.90. The smallest absolute Gasteiger partial charge is 0.305 e. The van der Waals surface area contributed by atoms with Crippen LogP contribution in [0.4, 0.5) is 5.69 Å². The van der Waals surface area contributed by atoms with E-state index in [2.05, 4.69) is 10.2 Å². The molecule has 2 N–H and O–H groups in total. The number of halogens is 1. The Hall–Kier alpha value is -1.26. The molecule has 0 saturated carbocycles. The molecule has 17 heavy (non-hydrogen) atoms. The Morgan fingerprint density at radius 1 is 1.59 bits per heavy atom. The molecule has 0 aromatic heterocycles. The summed E-state index contributed by atoms with van der Waals surface area (Å²) in [6.45, 7) is 2.36.